The molecule has 0 spiro atoms. The summed E-state index contributed by atoms with van der Waals surface area (Å²) in [6, 6.07) is 6.51. The second kappa shape index (κ2) is 8.24. The van der Waals surface area contributed by atoms with Crippen molar-refractivity contribution in [1.29, 1.82) is 0 Å². The van der Waals surface area contributed by atoms with E-state index in [0.29, 0.717) is 12.2 Å². The molecule has 7 nitrogen and oxygen atoms in total. The molecule has 3 N–H and O–H groups in total. The number of aryl methyl sites for hydroxylation is 2. The van der Waals surface area contributed by atoms with Crippen molar-refractivity contribution >= 4 is 38.9 Å². The second-order valence-corrected chi connectivity index (χ2v) is 10.6. The van der Waals surface area contributed by atoms with Gasteiger partial charge in [-0.05, 0) is 45.9 Å². The zero-order valence-electron chi connectivity index (χ0n) is 15.9. The van der Waals surface area contributed by atoms with Crippen LogP contribution in [0.3, 0.4) is 0 Å². The summed E-state index contributed by atoms with van der Waals surface area (Å²) in [7, 11) is -3.86. The van der Waals surface area contributed by atoms with E-state index in [2.05, 4.69) is 9.71 Å². The minimum absolute atomic E-state index is 0.0557. The Balaban J connectivity index is 2.08. The molecule has 0 aromatic heterocycles. The highest BCUT2D eigenvalue weighted by Crippen LogP contribution is 2.38. The topological polar surface area (TPSA) is 107 Å². The van der Waals surface area contributed by atoms with E-state index in [0.717, 1.165) is 32.5 Å². The number of benzene rings is 1. The number of nitrogens with zero attached hydrogens (tertiary/aromatic N) is 2. The van der Waals surface area contributed by atoms with Gasteiger partial charge in [0.2, 0.25) is 0 Å². The van der Waals surface area contributed by atoms with Crippen molar-refractivity contribution in [3.63, 3.8) is 0 Å². The van der Waals surface area contributed by atoms with E-state index in [4.69, 9.17) is 5.73 Å². The molecule has 1 aromatic rings. The summed E-state index contributed by atoms with van der Waals surface area (Å²) in [6.45, 7) is 6.21. The molecule has 0 fully saturated rings. The molecule has 0 aliphatic carbocycles. The van der Waals surface area contributed by atoms with Gasteiger partial charge in [0.05, 0.1) is 9.10 Å². The fourth-order valence-electron chi connectivity index (χ4n) is 2.64. The quantitative estimate of drug-likeness (QED) is 0.434. The summed E-state index contributed by atoms with van der Waals surface area (Å²) in [6.07, 6.45) is 0.819. The SMILES string of the molecule is Cc1ccc(S(=O)(=O)Nc2nc(=O)n3c(C)c(C)sc(SCCCN)c2-3)cc1. The van der Waals surface area contributed by atoms with Gasteiger partial charge in [0.1, 0.15) is 5.69 Å². The van der Waals surface area contributed by atoms with Crippen LogP contribution in [0.4, 0.5) is 5.82 Å². The Labute approximate surface area is 172 Å². The number of hydrogen-bond donors (Lipinski definition) is 2. The van der Waals surface area contributed by atoms with Gasteiger partial charge in [0, 0.05) is 16.3 Å². The fourth-order valence-corrected chi connectivity index (χ4v) is 6.13. The van der Waals surface area contributed by atoms with Crippen LogP contribution >= 0.6 is 23.1 Å². The van der Waals surface area contributed by atoms with Crippen molar-refractivity contribution in [3.8, 4) is 5.69 Å². The normalized spacial score (nSPS) is 11.9. The molecular formula is C18H22N4O3S3. The Morgan fingerprint density at radius 1 is 1.21 bits per heavy atom. The number of nitrogens with one attached hydrogen (secondary N) is 1. The third-order valence-corrected chi connectivity index (χ3v) is 8.16. The first-order valence-electron chi connectivity index (χ1n) is 8.69. The minimum atomic E-state index is -3.86. The third-order valence-electron chi connectivity index (χ3n) is 4.27. The maximum Gasteiger partial charge on any atom is 0.354 e. The molecule has 0 saturated carbocycles. The van der Waals surface area contributed by atoms with Gasteiger partial charge in [0.25, 0.3) is 10.0 Å². The van der Waals surface area contributed by atoms with E-state index in [1.54, 1.807) is 23.9 Å². The lowest BCUT2D eigenvalue weighted by molar-refractivity contribution is 0.601. The van der Waals surface area contributed by atoms with Gasteiger partial charge in [-0.2, -0.15) is 4.98 Å². The first-order chi connectivity index (χ1) is 13.2. The first-order valence-corrected chi connectivity index (χ1v) is 12.0. The van der Waals surface area contributed by atoms with Crippen molar-refractivity contribution in [1.82, 2.24) is 9.55 Å². The second-order valence-electron chi connectivity index (χ2n) is 6.37. The lowest BCUT2D eigenvalue weighted by Gasteiger charge is -2.15. The Bertz CT molecular complexity index is 1120. The number of hydrogen-bond acceptors (Lipinski definition) is 7. The molecule has 28 heavy (non-hydrogen) atoms. The number of aromatic nitrogens is 2. The van der Waals surface area contributed by atoms with Gasteiger partial charge in [0.15, 0.2) is 5.82 Å². The summed E-state index contributed by atoms with van der Waals surface area (Å²) < 4.78 is 30.4. The van der Waals surface area contributed by atoms with Crippen molar-refractivity contribution in [2.45, 2.75) is 36.3 Å². The lowest BCUT2D eigenvalue weighted by atomic mass is 10.2. The Morgan fingerprint density at radius 3 is 2.54 bits per heavy atom. The molecule has 3 rings (SSSR count). The molecule has 1 aromatic carbocycles. The molecule has 0 atom stereocenters. The smallest absolute Gasteiger partial charge is 0.330 e. The van der Waals surface area contributed by atoms with E-state index in [1.807, 2.05) is 20.8 Å². The van der Waals surface area contributed by atoms with Crippen molar-refractivity contribution in [2.24, 2.45) is 5.73 Å². The number of sulfonamides is 1. The van der Waals surface area contributed by atoms with Crippen molar-refractivity contribution < 1.29 is 8.42 Å². The van der Waals surface area contributed by atoms with Crippen LogP contribution < -0.4 is 16.1 Å². The largest absolute Gasteiger partial charge is 0.354 e. The minimum Gasteiger partial charge on any atom is -0.330 e. The average molecular weight is 439 g/mol. The van der Waals surface area contributed by atoms with Crippen LogP contribution in [0.25, 0.3) is 5.69 Å². The highest BCUT2D eigenvalue weighted by atomic mass is 32.2. The number of fused-ring (bicyclic) bond motifs is 1. The average Bonchev–Trinajstić information content (AvgIpc) is 2.95. The third kappa shape index (κ3) is 4.09. The summed E-state index contributed by atoms with van der Waals surface area (Å²) in [5, 5.41) is 0. The maximum absolute atomic E-state index is 12.8. The Kier molecular flexibility index (Phi) is 6.13. The first kappa shape index (κ1) is 20.8. The lowest BCUT2D eigenvalue weighted by Crippen LogP contribution is -2.17. The van der Waals surface area contributed by atoms with E-state index in [1.165, 1.54) is 28.0 Å². The van der Waals surface area contributed by atoms with E-state index in [-0.39, 0.29) is 10.7 Å². The predicted molar refractivity (Wildman–Crippen MR) is 115 cm³/mol. The van der Waals surface area contributed by atoms with Crippen LogP contribution in [0.15, 0.2) is 38.2 Å². The monoisotopic (exact) mass is 438 g/mol. The van der Waals surface area contributed by atoms with Gasteiger partial charge in [-0.15, -0.1) is 23.1 Å². The molecule has 2 aliphatic heterocycles. The van der Waals surface area contributed by atoms with Gasteiger partial charge in [-0.25, -0.2) is 13.2 Å². The maximum atomic E-state index is 12.8. The Hall–Kier alpha value is -1.88. The standard InChI is InChI=1S/C18H22N4O3S3/c1-11-5-7-14(8-6-11)28(24,25)21-16-15-17(26-10-4-9-19)27-13(3)12(2)22(15)18(23)20-16/h5-8H,4,9-10,19H2,1-3H3,(H,20,21,23). The summed E-state index contributed by atoms with van der Waals surface area (Å²) in [4.78, 5) is 17.6. The molecule has 150 valence electrons. The highest BCUT2D eigenvalue weighted by Gasteiger charge is 2.26. The van der Waals surface area contributed by atoms with Gasteiger partial charge in [-0.1, -0.05) is 17.7 Å². The van der Waals surface area contributed by atoms with Gasteiger partial charge in [-0.3, -0.25) is 9.29 Å². The van der Waals surface area contributed by atoms with Crippen LogP contribution in [0.2, 0.25) is 0 Å². The van der Waals surface area contributed by atoms with Gasteiger partial charge >= 0.3 is 5.69 Å². The Morgan fingerprint density at radius 2 is 1.89 bits per heavy atom. The van der Waals surface area contributed by atoms with Crippen LogP contribution in [-0.4, -0.2) is 30.3 Å². The van der Waals surface area contributed by atoms with Crippen molar-refractivity contribution in [2.75, 3.05) is 17.0 Å². The number of thioether (sulfide) groups is 1. The molecule has 0 bridgehead atoms. The van der Waals surface area contributed by atoms with E-state index >= 15 is 0 Å². The van der Waals surface area contributed by atoms with Crippen LogP contribution in [0.1, 0.15) is 22.6 Å². The number of imidazole rings is 1. The molecule has 0 radical (unpaired) electrons. The molecule has 0 saturated heterocycles. The molecule has 2 aliphatic rings. The molecular weight excluding hydrogens is 416 g/mol. The summed E-state index contributed by atoms with van der Waals surface area (Å²) >= 11 is 3.08. The zero-order chi connectivity index (χ0) is 20.5. The van der Waals surface area contributed by atoms with Crippen LogP contribution in [-0.2, 0) is 10.0 Å². The van der Waals surface area contributed by atoms with E-state index < -0.39 is 15.7 Å². The fraction of sp³-hybridized carbons (Fsp3) is 0.333. The summed E-state index contributed by atoms with van der Waals surface area (Å²) in [5.74, 6) is 0.828. The molecule has 10 heteroatoms. The zero-order valence-corrected chi connectivity index (χ0v) is 18.3. The number of nitrogens with two attached hydrogens (primary N) is 1. The predicted octanol–water partition coefficient (Wildman–Crippen LogP) is 2.90. The highest BCUT2D eigenvalue weighted by molar-refractivity contribution is 8.01. The molecule has 0 unspecified atom stereocenters. The number of anilines is 1. The summed E-state index contributed by atoms with van der Waals surface area (Å²) in [5.41, 5.74) is 7.29. The number of rotatable bonds is 7. The van der Waals surface area contributed by atoms with Gasteiger partial charge < -0.3 is 5.73 Å². The van der Waals surface area contributed by atoms with E-state index in [9.17, 15) is 13.2 Å². The van der Waals surface area contributed by atoms with Crippen LogP contribution in [0.5, 0.6) is 0 Å². The van der Waals surface area contributed by atoms with Crippen molar-refractivity contribution in [3.05, 3.63) is 50.9 Å². The van der Waals surface area contributed by atoms with Crippen LogP contribution in [0, 0.1) is 20.8 Å². The molecule has 2 heterocycles. The molecule has 0 amide bonds.